The summed E-state index contributed by atoms with van der Waals surface area (Å²) in [6, 6.07) is 8.50. The highest BCUT2D eigenvalue weighted by Crippen LogP contribution is 2.30. The molecule has 0 saturated carbocycles. The van der Waals surface area contributed by atoms with E-state index in [1.165, 1.54) is 10.5 Å². The molecule has 0 bridgehead atoms. The summed E-state index contributed by atoms with van der Waals surface area (Å²) < 4.78 is 5.98. The molecule has 1 atom stereocenters. The minimum atomic E-state index is -0.315. The molecule has 0 aliphatic carbocycles. The summed E-state index contributed by atoms with van der Waals surface area (Å²) in [4.78, 5) is 14.7. The molecule has 1 saturated heterocycles. The predicted octanol–water partition coefficient (Wildman–Crippen LogP) is 2.54. The van der Waals surface area contributed by atoms with Gasteiger partial charge in [0.1, 0.15) is 11.4 Å². The molecule has 104 valence electrons. The van der Waals surface area contributed by atoms with Crippen molar-refractivity contribution < 1.29 is 9.53 Å². The number of morpholine rings is 1. The van der Waals surface area contributed by atoms with E-state index in [9.17, 15) is 4.79 Å². The van der Waals surface area contributed by atoms with Crippen LogP contribution in [0.25, 0.3) is 0 Å². The van der Waals surface area contributed by atoms with Crippen LogP contribution in [0.15, 0.2) is 29.2 Å². The third kappa shape index (κ3) is 3.59. The van der Waals surface area contributed by atoms with Gasteiger partial charge in [0.15, 0.2) is 0 Å². The molecule has 0 spiro atoms. The van der Waals surface area contributed by atoms with E-state index in [-0.39, 0.29) is 11.4 Å². The van der Waals surface area contributed by atoms with E-state index in [2.05, 4.69) is 42.3 Å². The quantitative estimate of drug-likeness (QED) is 0.792. The van der Waals surface area contributed by atoms with E-state index in [0.717, 1.165) is 13.1 Å². The first-order chi connectivity index (χ1) is 9.03. The number of benzene rings is 1. The number of Topliss-reactive ketones (excluding diaryl/α,β-unsaturated/α-hetero) is 1. The van der Waals surface area contributed by atoms with Gasteiger partial charge in [-0.05, 0) is 37.8 Å². The Hall–Kier alpha value is -0.840. The highest BCUT2D eigenvalue weighted by atomic mass is 32.2. The van der Waals surface area contributed by atoms with Crippen LogP contribution >= 0.6 is 11.8 Å². The lowest BCUT2D eigenvalue weighted by atomic mass is 9.94. The Morgan fingerprint density at radius 3 is 2.68 bits per heavy atom. The fourth-order valence-electron chi connectivity index (χ4n) is 2.52. The number of ketones is 1. The molecule has 1 aromatic carbocycles. The maximum Gasteiger partial charge on any atom is 0.143 e. The topological polar surface area (TPSA) is 29.5 Å². The molecule has 1 fully saturated rings. The van der Waals surface area contributed by atoms with Gasteiger partial charge in [-0.1, -0.05) is 12.1 Å². The van der Waals surface area contributed by atoms with Gasteiger partial charge < -0.3 is 4.74 Å². The van der Waals surface area contributed by atoms with E-state index >= 15 is 0 Å². The molecule has 0 amide bonds. The van der Waals surface area contributed by atoms with Crippen LogP contribution in [0.3, 0.4) is 0 Å². The number of rotatable bonds is 4. The second-order valence-corrected chi connectivity index (χ2v) is 6.10. The molecule has 1 aliphatic heterocycles. The van der Waals surface area contributed by atoms with Gasteiger partial charge in [0.25, 0.3) is 0 Å². The second kappa shape index (κ2) is 6.07. The average molecular weight is 279 g/mol. The van der Waals surface area contributed by atoms with Crippen LogP contribution in [-0.4, -0.2) is 43.2 Å². The second-order valence-electron chi connectivity index (χ2n) is 5.22. The molecule has 2 rings (SSSR count). The first-order valence-corrected chi connectivity index (χ1v) is 7.76. The summed E-state index contributed by atoms with van der Waals surface area (Å²) in [5.41, 5.74) is 0.864. The van der Waals surface area contributed by atoms with Crippen LogP contribution in [0.4, 0.5) is 0 Å². The fraction of sp³-hybridized carbons (Fsp3) is 0.533. The molecule has 0 N–H and O–H groups in total. The summed E-state index contributed by atoms with van der Waals surface area (Å²) in [7, 11) is 0. The van der Waals surface area contributed by atoms with Gasteiger partial charge in [0.2, 0.25) is 0 Å². The summed E-state index contributed by atoms with van der Waals surface area (Å²) in [5, 5.41) is 0. The maximum atomic E-state index is 11.3. The molecule has 3 nitrogen and oxygen atoms in total. The number of nitrogens with zero attached hydrogens (tertiary/aromatic N) is 1. The maximum absolute atomic E-state index is 11.3. The van der Waals surface area contributed by atoms with Crippen molar-refractivity contribution in [3.8, 4) is 0 Å². The zero-order valence-electron chi connectivity index (χ0n) is 11.8. The highest BCUT2D eigenvalue weighted by Gasteiger charge is 2.33. The van der Waals surface area contributed by atoms with Gasteiger partial charge in [-0.3, -0.25) is 9.69 Å². The Labute approximate surface area is 119 Å². The van der Waals surface area contributed by atoms with E-state index in [1.807, 2.05) is 0 Å². The van der Waals surface area contributed by atoms with Crippen LogP contribution in [0.5, 0.6) is 0 Å². The normalized spacial score (nSPS) is 24.4. The first kappa shape index (κ1) is 14.6. The zero-order valence-corrected chi connectivity index (χ0v) is 12.6. The molecule has 0 radical (unpaired) electrons. The number of carbonyl (C=O) groups is 1. The van der Waals surface area contributed by atoms with E-state index in [4.69, 9.17) is 4.74 Å². The monoisotopic (exact) mass is 279 g/mol. The molecule has 1 aliphatic rings. The SMILES string of the molecule is CSc1ccc(C2(C)CN(CC(C)=O)CCO2)cc1. The predicted molar refractivity (Wildman–Crippen MR) is 78.6 cm³/mol. The summed E-state index contributed by atoms with van der Waals surface area (Å²) in [6.07, 6.45) is 2.07. The highest BCUT2D eigenvalue weighted by molar-refractivity contribution is 7.98. The van der Waals surface area contributed by atoms with Crippen LogP contribution < -0.4 is 0 Å². The minimum absolute atomic E-state index is 0.210. The number of hydrogen-bond acceptors (Lipinski definition) is 4. The van der Waals surface area contributed by atoms with Crippen LogP contribution in [0.2, 0.25) is 0 Å². The Bertz CT molecular complexity index is 446. The number of hydrogen-bond donors (Lipinski definition) is 0. The lowest BCUT2D eigenvalue weighted by molar-refractivity contribution is -0.126. The van der Waals surface area contributed by atoms with E-state index in [0.29, 0.717) is 13.2 Å². The average Bonchev–Trinajstić information content (AvgIpc) is 2.38. The molecule has 1 aromatic rings. The Morgan fingerprint density at radius 1 is 1.42 bits per heavy atom. The molecule has 4 heteroatoms. The van der Waals surface area contributed by atoms with Gasteiger partial charge in [-0.25, -0.2) is 0 Å². The van der Waals surface area contributed by atoms with Crippen molar-refractivity contribution in [1.82, 2.24) is 4.90 Å². The van der Waals surface area contributed by atoms with Crippen LogP contribution in [0.1, 0.15) is 19.4 Å². The van der Waals surface area contributed by atoms with Gasteiger partial charge in [-0.15, -0.1) is 11.8 Å². The lowest BCUT2D eigenvalue weighted by Gasteiger charge is -2.40. The molecule has 19 heavy (non-hydrogen) atoms. The van der Waals surface area contributed by atoms with E-state index < -0.39 is 0 Å². The molecular weight excluding hydrogens is 258 g/mol. The summed E-state index contributed by atoms with van der Waals surface area (Å²) in [6.45, 7) is 6.53. The Kier molecular flexibility index (Phi) is 4.66. The third-order valence-electron chi connectivity index (χ3n) is 3.50. The smallest absolute Gasteiger partial charge is 0.143 e. The number of ether oxygens (including phenoxy) is 1. The summed E-state index contributed by atoms with van der Waals surface area (Å²) >= 11 is 1.74. The molecule has 1 heterocycles. The van der Waals surface area contributed by atoms with Crippen LogP contribution in [-0.2, 0) is 15.1 Å². The Morgan fingerprint density at radius 2 is 2.11 bits per heavy atom. The van der Waals surface area contributed by atoms with Crippen molar-refractivity contribution in [2.24, 2.45) is 0 Å². The van der Waals surface area contributed by atoms with Gasteiger partial charge in [0, 0.05) is 18.0 Å². The minimum Gasteiger partial charge on any atom is -0.368 e. The van der Waals surface area contributed by atoms with Gasteiger partial charge in [0.05, 0.1) is 13.2 Å². The largest absolute Gasteiger partial charge is 0.368 e. The van der Waals surface area contributed by atoms with Gasteiger partial charge >= 0.3 is 0 Å². The number of thioether (sulfide) groups is 1. The van der Waals surface area contributed by atoms with Crippen molar-refractivity contribution in [2.45, 2.75) is 24.3 Å². The third-order valence-corrected chi connectivity index (χ3v) is 4.24. The Balaban J connectivity index is 2.13. The standard InChI is InChI=1S/C15H21NO2S/c1-12(17)10-16-8-9-18-15(2,11-16)13-4-6-14(19-3)7-5-13/h4-7H,8-11H2,1-3H3. The van der Waals surface area contributed by atoms with E-state index in [1.54, 1.807) is 18.7 Å². The lowest BCUT2D eigenvalue weighted by Crippen LogP contribution is -2.49. The van der Waals surface area contributed by atoms with Crippen molar-refractivity contribution in [3.63, 3.8) is 0 Å². The van der Waals surface area contributed by atoms with Crippen molar-refractivity contribution in [1.29, 1.82) is 0 Å². The van der Waals surface area contributed by atoms with Crippen molar-refractivity contribution in [2.75, 3.05) is 32.5 Å². The zero-order chi connectivity index (χ0) is 13.9. The first-order valence-electron chi connectivity index (χ1n) is 6.54. The molecular formula is C15H21NO2S. The molecule has 1 unspecified atom stereocenters. The van der Waals surface area contributed by atoms with Crippen molar-refractivity contribution >= 4 is 17.5 Å². The van der Waals surface area contributed by atoms with Crippen molar-refractivity contribution in [3.05, 3.63) is 29.8 Å². The fourth-order valence-corrected chi connectivity index (χ4v) is 2.93. The van der Waals surface area contributed by atoms with Crippen LogP contribution in [0, 0.1) is 0 Å². The van der Waals surface area contributed by atoms with Gasteiger partial charge in [-0.2, -0.15) is 0 Å². The number of carbonyl (C=O) groups excluding carboxylic acids is 1. The molecule has 0 aromatic heterocycles. The summed E-state index contributed by atoms with van der Waals surface area (Å²) in [5.74, 6) is 0.210.